The second kappa shape index (κ2) is 70.1. The molecule has 0 heterocycles. The second-order valence-corrected chi connectivity index (χ2v) is 23.8. The number of unbranched alkanes of at least 4 members (excludes halogenated alkanes) is 40. The molecule has 0 aliphatic heterocycles. The summed E-state index contributed by atoms with van der Waals surface area (Å²) in [6.45, 7) is 6.56. The van der Waals surface area contributed by atoms with E-state index in [0.29, 0.717) is 19.3 Å². The zero-order valence-electron chi connectivity index (χ0n) is 54.5. The Morgan fingerprint density at radius 2 is 0.476 bits per heavy atom. The molecule has 1 atom stereocenters. The number of carbonyl (C=O) groups is 3. The van der Waals surface area contributed by atoms with Gasteiger partial charge < -0.3 is 14.2 Å². The molecule has 0 radical (unpaired) electrons. The van der Waals surface area contributed by atoms with Crippen molar-refractivity contribution in [2.24, 2.45) is 0 Å². The summed E-state index contributed by atoms with van der Waals surface area (Å²) < 4.78 is 17.0. The van der Waals surface area contributed by atoms with E-state index in [1.807, 2.05) is 0 Å². The molecule has 0 aromatic carbocycles. The third kappa shape index (κ3) is 67.4. The van der Waals surface area contributed by atoms with Crippen LogP contribution in [0.15, 0.2) is 85.1 Å². The van der Waals surface area contributed by atoms with Crippen molar-refractivity contribution in [3.8, 4) is 0 Å². The summed E-state index contributed by atoms with van der Waals surface area (Å²) in [6.07, 6.45) is 93.3. The van der Waals surface area contributed by atoms with Crippen LogP contribution in [0.5, 0.6) is 0 Å². The molecule has 0 aromatic heterocycles. The van der Waals surface area contributed by atoms with E-state index in [-0.39, 0.29) is 31.1 Å². The first kappa shape index (κ1) is 78.6. The number of hydrogen-bond acceptors (Lipinski definition) is 6. The van der Waals surface area contributed by atoms with E-state index >= 15 is 0 Å². The van der Waals surface area contributed by atoms with Crippen molar-refractivity contribution >= 4 is 17.9 Å². The zero-order valence-corrected chi connectivity index (χ0v) is 54.5. The second-order valence-electron chi connectivity index (χ2n) is 23.8. The topological polar surface area (TPSA) is 78.9 Å². The average molecular weight is 1140 g/mol. The van der Waals surface area contributed by atoms with Gasteiger partial charge in [0, 0.05) is 19.3 Å². The first-order valence-electron chi connectivity index (χ1n) is 35.6. The molecular weight excluding hydrogens is 1010 g/mol. The molecule has 0 fully saturated rings. The standard InChI is InChI=1S/C76H134O6/c1-4-7-10-13-16-19-22-24-26-28-30-32-34-36-37-38-39-41-42-44-46-48-50-52-54-57-60-63-66-69-75(78)81-72-73(71-80-74(77)68-65-62-59-56-21-18-15-12-9-6-3)82-76(79)70-67-64-61-58-55-53-51-49-47-45-43-40-35-33-31-29-27-25-23-20-17-14-11-8-5-2/h7,10,16,19,24,26,29-32,36-37,39,41,73H,4-6,8-9,11-15,17-18,20-23,25,27-28,33-35,38,40,42-72H2,1-3H3/b10-7-,19-16-,26-24-,31-29-,32-30-,37-36-,41-39-. The van der Waals surface area contributed by atoms with Gasteiger partial charge >= 0.3 is 17.9 Å². The smallest absolute Gasteiger partial charge is 0.306 e. The minimum absolute atomic E-state index is 0.0733. The van der Waals surface area contributed by atoms with Gasteiger partial charge in [-0.3, -0.25) is 14.4 Å². The number of allylic oxidation sites excluding steroid dienone is 14. The first-order valence-corrected chi connectivity index (χ1v) is 35.6. The lowest BCUT2D eigenvalue weighted by molar-refractivity contribution is -0.167. The summed E-state index contributed by atoms with van der Waals surface area (Å²) in [7, 11) is 0. The lowest BCUT2D eigenvalue weighted by Gasteiger charge is -2.18. The number of hydrogen-bond donors (Lipinski definition) is 0. The molecule has 0 amide bonds. The third-order valence-electron chi connectivity index (χ3n) is 15.6. The van der Waals surface area contributed by atoms with Gasteiger partial charge in [0.2, 0.25) is 0 Å². The fourth-order valence-electron chi connectivity index (χ4n) is 10.3. The van der Waals surface area contributed by atoms with E-state index in [1.165, 1.54) is 225 Å². The van der Waals surface area contributed by atoms with Gasteiger partial charge in [-0.1, -0.05) is 331 Å². The Morgan fingerprint density at radius 1 is 0.256 bits per heavy atom. The summed E-state index contributed by atoms with van der Waals surface area (Å²) in [4.78, 5) is 38.4. The summed E-state index contributed by atoms with van der Waals surface area (Å²) in [6, 6.07) is 0. The molecular formula is C76H134O6. The van der Waals surface area contributed by atoms with Gasteiger partial charge in [-0.05, 0) is 96.3 Å². The lowest BCUT2D eigenvalue weighted by atomic mass is 10.0. The van der Waals surface area contributed by atoms with Gasteiger partial charge in [0.15, 0.2) is 6.10 Å². The molecule has 6 heteroatoms. The number of esters is 3. The molecule has 0 N–H and O–H groups in total. The minimum Gasteiger partial charge on any atom is -0.462 e. The van der Waals surface area contributed by atoms with E-state index < -0.39 is 6.10 Å². The maximum atomic E-state index is 12.9. The van der Waals surface area contributed by atoms with Crippen molar-refractivity contribution in [1.82, 2.24) is 0 Å². The van der Waals surface area contributed by atoms with Crippen LogP contribution >= 0.6 is 0 Å². The number of carbonyl (C=O) groups excluding carboxylic acids is 3. The predicted molar refractivity (Wildman–Crippen MR) is 358 cm³/mol. The van der Waals surface area contributed by atoms with E-state index in [4.69, 9.17) is 14.2 Å². The fraction of sp³-hybridized carbons (Fsp3) is 0.776. The van der Waals surface area contributed by atoms with Crippen LogP contribution in [0.2, 0.25) is 0 Å². The van der Waals surface area contributed by atoms with Crippen LogP contribution in [0.1, 0.15) is 361 Å². The molecule has 474 valence electrons. The van der Waals surface area contributed by atoms with Crippen molar-refractivity contribution in [3.05, 3.63) is 85.1 Å². The monoisotopic (exact) mass is 1140 g/mol. The summed E-state index contributed by atoms with van der Waals surface area (Å²) >= 11 is 0. The van der Waals surface area contributed by atoms with Crippen molar-refractivity contribution in [1.29, 1.82) is 0 Å². The fourth-order valence-corrected chi connectivity index (χ4v) is 10.3. The molecule has 0 aliphatic rings. The Balaban J connectivity index is 4.19. The third-order valence-corrected chi connectivity index (χ3v) is 15.6. The zero-order chi connectivity index (χ0) is 59.2. The molecule has 82 heavy (non-hydrogen) atoms. The van der Waals surface area contributed by atoms with Gasteiger partial charge in [0.25, 0.3) is 0 Å². The summed E-state index contributed by atoms with van der Waals surface area (Å²) in [5.74, 6) is -0.861. The van der Waals surface area contributed by atoms with Crippen molar-refractivity contribution in [2.75, 3.05) is 13.2 Å². The normalized spacial score (nSPS) is 12.6. The Kier molecular flexibility index (Phi) is 67.2. The predicted octanol–water partition coefficient (Wildman–Crippen LogP) is 24.6. The Bertz CT molecular complexity index is 1550. The molecule has 0 saturated heterocycles. The van der Waals surface area contributed by atoms with Crippen LogP contribution in [0.4, 0.5) is 0 Å². The molecule has 0 saturated carbocycles. The summed E-state index contributed by atoms with van der Waals surface area (Å²) in [5.41, 5.74) is 0. The number of rotatable bonds is 65. The SMILES string of the molecule is CC/C=C\C/C=C\C/C=C\C/C=C\C/C=C\C/C=C\CCCCCCCCCCCCC(=O)OCC(COC(=O)CCCCCCCCCCCC)OC(=O)CCCCCCCCCCCCCCC/C=C\CCCCCCCCCC. The molecule has 0 rings (SSSR count). The quantitative estimate of drug-likeness (QED) is 0.0261. The van der Waals surface area contributed by atoms with Crippen LogP contribution in [0.25, 0.3) is 0 Å². The maximum absolute atomic E-state index is 12.9. The lowest BCUT2D eigenvalue weighted by Crippen LogP contribution is -2.30. The van der Waals surface area contributed by atoms with Crippen molar-refractivity contribution in [2.45, 2.75) is 367 Å². The van der Waals surface area contributed by atoms with Crippen LogP contribution in [0, 0.1) is 0 Å². The van der Waals surface area contributed by atoms with E-state index in [9.17, 15) is 14.4 Å². The Morgan fingerprint density at radius 3 is 0.756 bits per heavy atom. The highest BCUT2D eigenvalue weighted by molar-refractivity contribution is 5.71. The maximum Gasteiger partial charge on any atom is 0.306 e. The van der Waals surface area contributed by atoms with Crippen molar-refractivity contribution in [3.63, 3.8) is 0 Å². The van der Waals surface area contributed by atoms with Gasteiger partial charge in [0.1, 0.15) is 13.2 Å². The molecule has 0 bridgehead atoms. The molecule has 0 spiro atoms. The summed E-state index contributed by atoms with van der Waals surface area (Å²) in [5, 5.41) is 0. The Labute approximate surface area is 509 Å². The van der Waals surface area contributed by atoms with E-state index in [1.54, 1.807) is 0 Å². The molecule has 6 nitrogen and oxygen atoms in total. The van der Waals surface area contributed by atoms with Crippen molar-refractivity contribution < 1.29 is 28.6 Å². The molecule has 0 aromatic rings. The van der Waals surface area contributed by atoms with Gasteiger partial charge in [-0.2, -0.15) is 0 Å². The van der Waals surface area contributed by atoms with Crippen LogP contribution in [-0.2, 0) is 28.6 Å². The largest absolute Gasteiger partial charge is 0.462 e. The highest BCUT2D eigenvalue weighted by Crippen LogP contribution is 2.18. The first-order chi connectivity index (χ1) is 40.5. The minimum atomic E-state index is -0.777. The highest BCUT2D eigenvalue weighted by Gasteiger charge is 2.19. The van der Waals surface area contributed by atoms with E-state index in [2.05, 4.69) is 106 Å². The van der Waals surface area contributed by atoms with Crippen LogP contribution in [0.3, 0.4) is 0 Å². The highest BCUT2D eigenvalue weighted by atomic mass is 16.6. The molecule has 0 aliphatic carbocycles. The van der Waals surface area contributed by atoms with E-state index in [0.717, 1.165) is 96.3 Å². The molecule has 1 unspecified atom stereocenters. The van der Waals surface area contributed by atoms with Gasteiger partial charge in [-0.25, -0.2) is 0 Å². The van der Waals surface area contributed by atoms with Gasteiger partial charge in [0.05, 0.1) is 0 Å². The Hall–Kier alpha value is -3.41. The van der Waals surface area contributed by atoms with Crippen LogP contribution < -0.4 is 0 Å². The van der Waals surface area contributed by atoms with Gasteiger partial charge in [-0.15, -0.1) is 0 Å². The number of ether oxygens (including phenoxy) is 3. The average Bonchev–Trinajstić information content (AvgIpc) is 3.48. The van der Waals surface area contributed by atoms with Crippen LogP contribution in [-0.4, -0.2) is 37.2 Å².